The Morgan fingerprint density at radius 3 is 2.58 bits per heavy atom. The largest absolute Gasteiger partial charge is 0.353 e. The van der Waals surface area contributed by atoms with Gasteiger partial charge in [-0.2, -0.15) is 0 Å². The molecule has 2 rings (SSSR count). The molecule has 3 unspecified atom stereocenters. The summed E-state index contributed by atoms with van der Waals surface area (Å²) in [5.74, 6) is 1.46. The molecule has 0 radical (unpaired) electrons. The second-order valence-corrected chi connectivity index (χ2v) is 7.49. The molecule has 2 aliphatic rings. The van der Waals surface area contributed by atoms with Gasteiger partial charge >= 0.3 is 0 Å². The minimum atomic E-state index is 0.273. The van der Waals surface area contributed by atoms with Gasteiger partial charge in [0.15, 0.2) is 0 Å². The van der Waals surface area contributed by atoms with Crippen molar-refractivity contribution in [3.05, 3.63) is 0 Å². The van der Waals surface area contributed by atoms with Crippen molar-refractivity contribution >= 4 is 5.91 Å². The van der Waals surface area contributed by atoms with E-state index in [0.29, 0.717) is 29.7 Å². The highest BCUT2D eigenvalue weighted by atomic mass is 16.1. The van der Waals surface area contributed by atoms with Gasteiger partial charge < -0.3 is 10.6 Å². The van der Waals surface area contributed by atoms with Gasteiger partial charge in [-0.3, -0.25) is 4.79 Å². The molecule has 2 fully saturated rings. The van der Waals surface area contributed by atoms with Crippen LogP contribution in [-0.4, -0.2) is 25.0 Å². The van der Waals surface area contributed by atoms with Crippen LogP contribution in [0.2, 0.25) is 0 Å². The third-order valence-corrected chi connectivity index (χ3v) is 4.86. The van der Waals surface area contributed by atoms with Crippen LogP contribution in [-0.2, 0) is 4.79 Å². The van der Waals surface area contributed by atoms with E-state index in [9.17, 15) is 4.79 Å². The van der Waals surface area contributed by atoms with E-state index in [0.717, 1.165) is 25.9 Å². The first-order chi connectivity index (χ1) is 8.97. The highest BCUT2D eigenvalue weighted by Gasteiger charge is 2.35. The van der Waals surface area contributed by atoms with Crippen LogP contribution in [0.3, 0.4) is 0 Å². The fourth-order valence-corrected chi connectivity index (χ4v) is 3.76. The van der Waals surface area contributed by atoms with Gasteiger partial charge in [-0.15, -0.1) is 0 Å². The molecule has 3 heteroatoms. The zero-order valence-corrected chi connectivity index (χ0v) is 12.8. The third-order valence-electron chi connectivity index (χ3n) is 4.86. The van der Waals surface area contributed by atoms with E-state index in [-0.39, 0.29) is 5.91 Å². The normalized spacial score (nSPS) is 32.3. The van der Waals surface area contributed by atoms with E-state index in [1.807, 2.05) is 0 Å². The average molecular weight is 266 g/mol. The summed E-state index contributed by atoms with van der Waals surface area (Å²) in [7, 11) is 0. The van der Waals surface area contributed by atoms with Crippen molar-refractivity contribution in [1.82, 2.24) is 10.6 Å². The first kappa shape index (κ1) is 14.8. The van der Waals surface area contributed by atoms with Crippen LogP contribution in [0.15, 0.2) is 0 Å². The van der Waals surface area contributed by atoms with Crippen LogP contribution in [0.1, 0.15) is 59.3 Å². The summed E-state index contributed by atoms with van der Waals surface area (Å²) < 4.78 is 0. The molecule has 1 aliphatic carbocycles. The van der Waals surface area contributed by atoms with Crippen molar-refractivity contribution in [2.75, 3.05) is 13.1 Å². The molecule has 19 heavy (non-hydrogen) atoms. The van der Waals surface area contributed by atoms with Gasteiger partial charge in [0.2, 0.25) is 5.91 Å². The Hall–Kier alpha value is -0.570. The van der Waals surface area contributed by atoms with Crippen molar-refractivity contribution in [3.8, 4) is 0 Å². The lowest BCUT2D eigenvalue weighted by atomic mass is 9.69. The lowest BCUT2D eigenvalue weighted by molar-refractivity contribution is -0.123. The quantitative estimate of drug-likeness (QED) is 0.824. The standard InChI is InChI=1S/C16H30N2O/c1-16(2,3)13-6-4-5-7-14(13)18-15(19)10-12-8-9-17-11-12/h12-14,17H,4-11H2,1-3H3,(H,18,19). The van der Waals surface area contributed by atoms with Crippen molar-refractivity contribution in [2.24, 2.45) is 17.3 Å². The summed E-state index contributed by atoms with van der Waals surface area (Å²) in [5.41, 5.74) is 0.299. The average Bonchev–Trinajstić information content (AvgIpc) is 2.81. The fraction of sp³-hybridized carbons (Fsp3) is 0.938. The molecule has 110 valence electrons. The molecular weight excluding hydrogens is 236 g/mol. The maximum absolute atomic E-state index is 12.2. The van der Waals surface area contributed by atoms with Gasteiger partial charge in [0.1, 0.15) is 0 Å². The Labute approximate surface area is 117 Å². The maximum Gasteiger partial charge on any atom is 0.220 e. The minimum Gasteiger partial charge on any atom is -0.353 e. The number of carbonyl (C=O) groups excluding carboxylic acids is 1. The van der Waals surface area contributed by atoms with Crippen LogP contribution in [0.25, 0.3) is 0 Å². The van der Waals surface area contributed by atoms with Crippen molar-refractivity contribution in [2.45, 2.75) is 65.3 Å². The molecule has 1 aliphatic heterocycles. The lowest BCUT2D eigenvalue weighted by Crippen LogP contribution is -2.47. The maximum atomic E-state index is 12.2. The van der Waals surface area contributed by atoms with E-state index in [1.54, 1.807) is 0 Å². The van der Waals surface area contributed by atoms with Gasteiger partial charge in [0.05, 0.1) is 0 Å². The monoisotopic (exact) mass is 266 g/mol. The van der Waals surface area contributed by atoms with Gasteiger partial charge in [-0.1, -0.05) is 33.6 Å². The highest BCUT2D eigenvalue weighted by molar-refractivity contribution is 5.76. The number of nitrogens with one attached hydrogen (secondary N) is 2. The predicted molar refractivity (Wildman–Crippen MR) is 78.9 cm³/mol. The Bertz CT molecular complexity index is 302. The molecule has 0 aromatic rings. The Morgan fingerprint density at radius 2 is 1.95 bits per heavy atom. The van der Waals surface area contributed by atoms with Gasteiger partial charge in [-0.25, -0.2) is 0 Å². The zero-order chi connectivity index (χ0) is 13.9. The smallest absolute Gasteiger partial charge is 0.220 e. The first-order valence-electron chi connectivity index (χ1n) is 7.97. The van der Waals surface area contributed by atoms with Crippen LogP contribution >= 0.6 is 0 Å². The highest BCUT2D eigenvalue weighted by Crippen LogP contribution is 2.38. The van der Waals surface area contributed by atoms with E-state index in [2.05, 4.69) is 31.4 Å². The second kappa shape index (κ2) is 6.25. The summed E-state index contributed by atoms with van der Waals surface area (Å²) in [4.78, 5) is 12.2. The van der Waals surface area contributed by atoms with Crippen molar-refractivity contribution in [3.63, 3.8) is 0 Å². The van der Waals surface area contributed by atoms with Gasteiger partial charge in [-0.05, 0) is 49.6 Å². The molecule has 0 bridgehead atoms. The molecule has 1 heterocycles. The Balaban J connectivity index is 1.86. The summed E-state index contributed by atoms with van der Waals surface area (Å²) >= 11 is 0. The summed E-state index contributed by atoms with van der Waals surface area (Å²) in [6, 6.07) is 0.399. The molecule has 3 nitrogen and oxygen atoms in total. The minimum absolute atomic E-state index is 0.273. The number of amides is 1. The molecule has 1 saturated carbocycles. The summed E-state index contributed by atoms with van der Waals surface area (Å²) in [6.07, 6.45) is 6.88. The second-order valence-electron chi connectivity index (χ2n) is 7.49. The number of hydrogen-bond donors (Lipinski definition) is 2. The van der Waals surface area contributed by atoms with Crippen molar-refractivity contribution in [1.29, 1.82) is 0 Å². The first-order valence-corrected chi connectivity index (χ1v) is 7.97. The van der Waals surface area contributed by atoms with E-state index < -0.39 is 0 Å². The molecule has 1 amide bonds. The number of hydrogen-bond acceptors (Lipinski definition) is 2. The third kappa shape index (κ3) is 4.20. The Morgan fingerprint density at radius 1 is 1.21 bits per heavy atom. The van der Waals surface area contributed by atoms with E-state index in [4.69, 9.17) is 0 Å². The Kier molecular flexibility index (Phi) is 4.88. The topological polar surface area (TPSA) is 41.1 Å². The van der Waals surface area contributed by atoms with Crippen LogP contribution in [0.5, 0.6) is 0 Å². The fourth-order valence-electron chi connectivity index (χ4n) is 3.76. The van der Waals surface area contributed by atoms with E-state index >= 15 is 0 Å². The predicted octanol–water partition coefficient (Wildman–Crippen LogP) is 2.71. The van der Waals surface area contributed by atoms with Crippen LogP contribution in [0.4, 0.5) is 0 Å². The van der Waals surface area contributed by atoms with Gasteiger partial charge in [0, 0.05) is 12.5 Å². The molecule has 2 N–H and O–H groups in total. The van der Waals surface area contributed by atoms with Crippen LogP contribution < -0.4 is 10.6 Å². The molecule has 1 saturated heterocycles. The van der Waals surface area contributed by atoms with Crippen molar-refractivity contribution < 1.29 is 4.79 Å². The summed E-state index contributed by atoms with van der Waals surface area (Å²) in [6.45, 7) is 9.02. The zero-order valence-electron chi connectivity index (χ0n) is 12.8. The number of rotatable bonds is 3. The lowest BCUT2D eigenvalue weighted by Gasteiger charge is -2.40. The number of carbonyl (C=O) groups is 1. The molecule has 3 atom stereocenters. The molecule has 0 spiro atoms. The van der Waals surface area contributed by atoms with E-state index in [1.165, 1.54) is 19.3 Å². The molecule has 0 aromatic heterocycles. The molecule has 0 aromatic carbocycles. The van der Waals surface area contributed by atoms with Crippen LogP contribution in [0, 0.1) is 17.3 Å². The summed E-state index contributed by atoms with van der Waals surface area (Å²) in [5, 5.41) is 6.67. The molecular formula is C16H30N2O. The SMILES string of the molecule is CC(C)(C)C1CCCCC1NC(=O)CC1CCNC1. The van der Waals surface area contributed by atoms with Gasteiger partial charge in [0.25, 0.3) is 0 Å².